The van der Waals surface area contributed by atoms with Crippen LogP contribution in [0, 0.1) is 0 Å². The van der Waals surface area contributed by atoms with E-state index in [-0.39, 0.29) is 17.9 Å². The fourth-order valence-corrected chi connectivity index (χ4v) is 5.28. The van der Waals surface area contributed by atoms with Crippen molar-refractivity contribution >= 4 is 31.5 Å². The average Bonchev–Trinajstić information content (AvgIpc) is 2.76. The van der Waals surface area contributed by atoms with E-state index in [9.17, 15) is 21.6 Å². The molecule has 1 fully saturated rings. The molecule has 9 heteroatoms. The van der Waals surface area contributed by atoms with Crippen LogP contribution in [-0.2, 0) is 24.7 Å². The zero-order chi connectivity index (χ0) is 16.4. The molecular weight excluding hydrogens is 328 g/mol. The van der Waals surface area contributed by atoms with Crippen LogP contribution in [0.1, 0.15) is 6.42 Å². The van der Waals surface area contributed by atoms with E-state index in [4.69, 9.17) is 0 Å². The molecule has 2 rings (SSSR count). The summed E-state index contributed by atoms with van der Waals surface area (Å²) in [6, 6.07) is 7.97. The van der Waals surface area contributed by atoms with E-state index in [0.29, 0.717) is 5.69 Å². The van der Waals surface area contributed by atoms with Crippen molar-refractivity contribution in [3.8, 4) is 0 Å². The molecule has 1 aliphatic heterocycles. The van der Waals surface area contributed by atoms with Crippen molar-refractivity contribution in [3.05, 3.63) is 30.3 Å². The van der Waals surface area contributed by atoms with Gasteiger partial charge in [-0.25, -0.2) is 16.8 Å². The molecular formula is C13H18N2O5S2. The molecule has 0 bridgehead atoms. The molecule has 1 heterocycles. The van der Waals surface area contributed by atoms with Gasteiger partial charge in [-0.15, -0.1) is 0 Å². The van der Waals surface area contributed by atoms with Crippen LogP contribution < -0.4 is 5.32 Å². The Labute approximate surface area is 130 Å². The molecule has 1 saturated heterocycles. The number of sulfone groups is 1. The molecule has 1 amide bonds. The lowest BCUT2D eigenvalue weighted by Gasteiger charge is -2.24. The maximum Gasteiger partial charge on any atom is 0.239 e. The predicted molar refractivity (Wildman–Crippen MR) is 83.7 cm³/mol. The fourth-order valence-electron chi connectivity index (χ4n) is 2.38. The molecule has 0 radical (unpaired) electrons. The highest BCUT2D eigenvalue weighted by Gasteiger charge is 2.37. The van der Waals surface area contributed by atoms with Crippen LogP contribution in [-0.4, -0.2) is 57.4 Å². The fraction of sp³-hybridized carbons (Fsp3) is 0.462. The Morgan fingerprint density at radius 1 is 1.32 bits per heavy atom. The minimum Gasteiger partial charge on any atom is -0.325 e. The van der Waals surface area contributed by atoms with E-state index >= 15 is 0 Å². The summed E-state index contributed by atoms with van der Waals surface area (Å²) < 4.78 is 47.8. The van der Waals surface area contributed by atoms with Gasteiger partial charge in [0.15, 0.2) is 9.84 Å². The van der Waals surface area contributed by atoms with Crippen LogP contribution in [0.5, 0.6) is 0 Å². The van der Waals surface area contributed by atoms with Crippen LogP contribution >= 0.6 is 0 Å². The normalized spacial score (nSPS) is 20.9. The lowest BCUT2D eigenvalue weighted by atomic mass is 10.2. The van der Waals surface area contributed by atoms with Gasteiger partial charge in [-0.05, 0) is 18.6 Å². The van der Waals surface area contributed by atoms with Crippen LogP contribution in [0.3, 0.4) is 0 Å². The summed E-state index contributed by atoms with van der Waals surface area (Å²) in [4.78, 5) is 12.0. The van der Waals surface area contributed by atoms with E-state index in [1.54, 1.807) is 30.3 Å². The minimum absolute atomic E-state index is 0.0516. The zero-order valence-electron chi connectivity index (χ0n) is 12.1. The standard InChI is InChI=1S/C13H18N2O5S2/c1-21(17,18)15(12-7-8-22(19,20)10-12)9-13(16)14-11-5-3-2-4-6-11/h2-6,12H,7-10H2,1H3,(H,14,16). The second-order valence-electron chi connectivity index (χ2n) is 5.28. The first-order valence-electron chi connectivity index (χ1n) is 6.69. The molecule has 0 spiro atoms. The lowest BCUT2D eigenvalue weighted by molar-refractivity contribution is -0.116. The molecule has 1 aromatic carbocycles. The number of carbonyl (C=O) groups is 1. The molecule has 1 aromatic rings. The minimum atomic E-state index is -3.68. The van der Waals surface area contributed by atoms with Crippen molar-refractivity contribution in [1.29, 1.82) is 0 Å². The van der Waals surface area contributed by atoms with Gasteiger partial charge >= 0.3 is 0 Å². The number of nitrogens with zero attached hydrogens (tertiary/aromatic N) is 1. The molecule has 7 nitrogen and oxygen atoms in total. The Kier molecular flexibility index (Phi) is 4.88. The zero-order valence-corrected chi connectivity index (χ0v) is 13.7. The molecule has 0 saturated carbocycles. The number of sulfonamides is 1. The smallest absolute Gasteiger partial charge is 0.239 e. The second-order valence-corrected chi connectivity index (χ2v) is 9.44. The molecule has 0 aromatic heterocycles. The van der Waals surface area contributed by atoms with Gasteiger partial charge in [-0.1, -0.05) is 18.2 Å². The highest BCUT2D eigenvalue weighted by Crippen LogP contribution is 2.20. The number of hydrogen-bond acceptors (Lipinski definition) is 5. The SMILES string of the molecule is CS(=O)(=O)N(CC(=O)Nc1ccccc1)C1CCS(=O)(=O)C1. The molecule has 1 N–H and O–H groups in total. The van der Waals surface area contributed by atoms with Gasteiger partial charge in [0.1, 0.15) is 0 Å². The summed E-state index contributed by atoms with van der Waals surface area (Å²) in [5, 5.41) is 2.59. The quantitative estimate of drug-likeness (QED) is 0.813. The van der Waals surface area contributed by atoms with Crippen LogP contribution in [0.2, 0.25) is 0 Å². The number of hydrogen-bond donors (Lipinski definition) is 1. The van der Waals surface area contributed by atoms with Crippen LogP contribution in [0.25, 0.3) is 0 Å². The third kappa shape index (κ3) is 4.52. The monoisotopic (exact) mass is 346 g/mol. The van der Waals surface area contributed by atoms with E-state index < -0.39 is 38.4 Å². The number of carbonyl (C=O) groups excluding carboxylic acids is 1. The Bertz CT molecular complexity index is 744. The van der Waals surface area contributed by atoms with Crippen molar-refractivity contribution in [2.45, 2.75) is 12.5 Å². The highest BCUT2D eigenvalue weighted by molar-refractivity contribution is 7.92. The Morgan fingerprint density at radius 3 is 2.45 bits per heavy atom. The third-order valence-electron chi connectivity index (χ3n) is 3.40. The molecule has 1 unspecified atom stereocenters. The highest BCUT2D eigenvalue weighted by atomic mass is 32.2. The summed E-state index contributed by atoms with van der Waals surface area (Å²) in [6.07, 6.45) is 1.20. The number of nitrogens with one attached hydrogen (secondary N) is 1. The number of para-hydroxylation sites is 1. The Morgan fingerprint density at radius 2 is 1.95 bits per heavy atom. The third-order valence-corrected chi connectivity index (χ3v) is 6.43. The van der Waals surface area contributed by atoms with Crippen molar-refractivity contribution in [2.75, 3.05) is 29.6 Å². The first kappa shape index (κ1) is 16.9. The summed E-state index contributed by atoms with van der Waals surface area (Å²) in [5.41, 5.74) is 0.556. The van der Waals surface area contributed by atoms with Crippen LogP contribution in [0.4, 0.5) is 5.69 Å². The molecule has 0 aliphatic carbocycles. The number of amides is 1. The summed E-state index contributed by atoms with van der Waals surface area (Å²) in [7, 11) is -6.91. The number of rotatable bonds is 5. The van der Waals surface area contributed by atoms with Crippen molar-refractivity contribution in [3.63, 3.8) is 0 Å². The molecule has 1 atom stereocenters. The summed E-state index contributed by atoms with van der Waals surface area (Å²) >= 11 is 0. The van der Waals surface area contributed by atoms with E-state index in [2.05, 4.69) is 5.32 Å². The van der Waals surface area contributed by atoms with Gasteiger partial charge in [0.05, 0.1) is 24.3 Å². The predicted octanol–water partition coefficient (Wildman–Crippen LogP) is 0.0738. The molecule has 122 valence electrons. The van der Waals surface area contributed by atoms with Gasteiger partial charge in [0, 0.05) is 11.7 Å². The van der Waals surface area contributed by atoms with E-state index in [1.165, 1.54) is 0 Å². The van der Waals surface area contributed by atoms with Crippen LogP contribution in [0.15, 0.2) is 30.3 Å². The summed E-state index contributed by atoms with van der Waals surface area (Å²) in [5.74, 6) is -0.788. The van der Waals surface area contributed by atoms with Crippen molar-refractivity contribution < 1.29 is 21.6 Å². The van der Waals surface area contributed by atoms with Gasteiger partial charge in [0.2, 0.25) is 15.9 Å². The maximum absolute atomic E-state index is 12.0. The first-order valence-corrected chi connectivity index (χ1v) is 10.4. The Hall–Kier alpha value is -1.45. The molecule has 22 heavy (non-hydrogen) atoms. The number of anilines is 1. The topological polar surface area (TPSA) is 101 Å². The van der Waals surface area contributed by atoms with Gasteiger partial charge in [0.25, 0.3) is 0 Å². The van der Waals surface area contributed by atoms with Gasteiger partial charge in [-0.3, -0.25) is 4.79 Å². The lowest BCUT2D eigenvalue weighted by Crippen LogP contribution is -2.44. The van der Waals surface area contributed by atoms with Crippen molar-refractivity contribution in [1.82, 2.24) is 4.31 Å². The van der Waals surface area contributed by atoms with Gasteiger partial charge < -0.3 is 5.32 Å². The average molecular weight is 346 g/mol. The van der Waals surface area contributed by atoms with E-state index in [0.717, 1.165) is 10.6 Å². The molecule has 1 aliphatic rings. The van der Waals surface area contributed by atoms with Gasteiger partial charge in [-0.2, -0.15) is 4.31 Å². The summed E-state index contributed by atoms with van der Waals surface area (Å²) in [6.45, 7) is -0.395. The van der Waals surface area contributed by atoms with E-state index in [1.807, 2.05) is 0 Å². The maximum atomic E-state index is 12.0. The first-order chi connectivity index (χ1) is 10.2. The Balaban J connectivity index is 2.10. The second kappa shape index (κ2) is 6.35. The van der Waals surface area contributed by atoms with Crippen molar-refractivity contribution in [2.24, 2.45) is 0 Å². The largest absolute Gasteiger partial charge is 0.325 e. The number of benzene rings is 1.